The zero-order valence-electron chi connectivity index (χ0n) is 10.1. The van der Waals surface area contributed by atoms with Gasteiger partial charge in [-0.3, -0.25) is 0 Å². The number of nitrogens with one attached hydrogen (secondary N) is 1. The van der Waals surface area contributed by atoms with E-state index in [9.17, 15) is 0 Å². The van der Waals surface area contributed by atoms with E-state index in [4.69, 9.17) is 0 Å². The van der Waals surface area contributed by atoms with Crippen molar-refractivity contribution in [1.82, 2.24) is 5.32 Å². The molecule has 0 bridgehead atoms. The van der Waals surface area contributed by atoms with Crippen LogP contribution in [0.25, 0.3) is 10.4 Å². The van der Waals surface area contributed by atoms with Crippen molar-refractivity contribution in [1.29, 1.82) is 0 Å². The Morgan fingerprint density at radius 1 is 1.24 bits per heavy atom. The summed E-state index contributed by atoms with van der Waals surface area (Å²) in [6.07, 6.45) is 2.69. The molecule has 17 heavy (non-hydrogen) atoms. The number of thiophene rings is 1. The van der Waals surface area contributed by atoms with Crippen LogP contribution in [-0.4, -0.2) is 6.04 Å². The van der Waals surface area contributed by atoms with E-state index in [2.05, 4.69) is 48.0 Å². The summed E-state index contributed by atoms with van der Waals surface area (Å²) in [6, 6.07) is 11.7. The van der Waals surface area contributed by atoms with E-state index in [1.807, 2.05) is 11.3 Å². The molecule has 0 atom stereocenters. The maximum Gasteiger partial charge on any atom is 0.0375 e. The Morgan fingerprint density at radius 3 is 2.76 bits per heavy atom. The van der Waals surface area contributed by atoms with Gasteiger partial charge < -0.3 is 5.32 Å². The normalized spacial score (nSPS) is 15.1. The predicted octanol–water partition coefficient (Wildman–Crippen LogP) is 3.98. The van der Waals surface area contributed by atoms with Crippen molar-refractivity contribution in [2.24, 2.45) is 0 Å². The summed E-state index contributed by atoms with van der Waals surface area (Å²) >= 11 is 1.84. The second-order valence-corrected chi connectivity index (χ2v) is 5.66. The summed E-state index contributed by atoms with van der Waals surface area (Å²) < 4.78 is 0. The highest BCUT2D eigenvalue weighted by Crippen LogP contribution is 2.32. The number of aryl methyl sites for hydroxylation is 1. The zero-order valence-corrected chi connectivity index (χ0v) is 10.9. The van der Waals surface area contributed by atoms with Crippen molar-refractivity contribution < 1.29 is 0 Å². The average molecular weight is 243 g/mol. The van der Waals surface area contributed by atoms with E-state index < -0.39 is 0 Å². The van der Waals surface area contributed by atoms with Crippen LogP contribution in [0.1, 0.15) is 24.0 Å². The van der Waals surface area contributed by atoms with Crippen molar-refractivity contribution >= 4 is 11.3 Å². The number of hydrogen-bond acceptors (Lipinski definition) is 2. The van der Waals surface area contributed by atoms with Crippen LogP contribution in [0.15, 0.2) is 35.7 Å². The van der Waals surface area contributed by atoms with Crippen molar-refractivity contribution in [2.75, 3.05) is 0 Å². The Morgan fingerprint density at radius 2 is 2.06 bits per heavy atom. The molecule has 0 saturated heterocycles. The van der Waals surface area contributed by atoms with Crippen molar-refractivity contribution in [2.45, 2.75) is 32.4 Å². The smallest absolute Gasteiger partial charge is 0.0375 e. The molecule has 2 heteroatoms. The van der Waals surface area contributed by atoms with Gasteiger partial charge in [0.05, 0.1) is 0 Å². The average Bonchev–Trinajstić information content (AvgIpc) is 3.09. The summed E-state index contributed by atoms with van der Waals surface area (Å²) in [5.74, 6) is 0. The fourth-order valence-corrected chi connectivity index (χ4v) is 3.07. The third-order valence-electron chi connectivity index (χ3n) is 3.28. The van der Waals surface area contributed by atoms with E-state index in [1.165, 1.54) is 34.4 Å². The molecule has 1 heterocycles. The van der Waals surface area contributed by atoms with Crippen LogP contribution >= 0.6 is 11.3 Å². The fourth-order valence-electron chi connectivity index (χ4n) is 2.09. The van der Waals surface area contributed by atoms with Gasteiger partial charge >= 0.3 is 0 Å². The lowest BCUT2D eigenvalue weighted by molar-refractivity contribution is 0.689. The van der Waals surface area contributed by atoms with Gasteiger partial charge in [0.15, 0.2) is 0 Å². The monoisotopic (exact) mass is 243 g/mol. The van der Waals surface area contributed by atoms with Gasteiger partial charge in [0.2, 0.25) is 0 Å². The van der Waals surface area contributed by atoms with Gasteiger partial charge in [-0.05, 0) is 47.9 Å². The van der Waals surface area contributed by atoms with Crippen LogP contribution in [0.3, 0.4) is 0 Å². The maximum atomic E-state index is 3.60. The standard InChI is InChI=1S/C15H17NS/c1-11-8-9-17-15(11)14-5-3-2-4-12(14)10-16-13-6-7-13/h2-5,8-9,13,16H,6-7,10H2,1H3. The van der Waals surface area contributed by atoms with E-state index in [0.717, 1.165) is 12.6 Å². The van der Waals surface area contributed by atoms with Crippen molar-refractivity contribution in [3.05, 3.63) is 46.8 Å². The minimum Gasteiger partial charge on any atom is -0.310 e. The van der Waals surface area contributed by atoms with Gasteiger partial charge in [0.25, 0.3) is 0 Å². The third kappa shape index (κ3) is 2.43. The van der Waals surface area contributed by atoms with Crippen molar-refractivity contribution in [3.8, 4) is 10.4 Å². The van der Waals surface area contributed by atoms with Crippen LogP contribution in [0.4, 0.5) is 0 Å². The molecule has 1 saturated carbocycles. The highest BCUT2D eigenvalue weighted by atomic mass is 32.1. The highest BCUT2D eigenvalue weighted by molar-refractivity contribution is 7.13. The SMILES string of the molecule is Cc1ccsc1-c1ccccc1CNC1CC1. The van der Waals surface area contributed by atoms with Crippen LogP contribution < -0.4 is 5.32 Å². The summed E-state index contributed by atoms with van der Waals surface area (Å²) in [7, 11) is 0. The lowest BCUT2D eigenvalue weighted by Gasteiger charge is -2.09. The molecule has 0 radical (unpaired) electrons. The van der Waals surface area contributed by atoms with E-state index in [-0.39, 0.29) is 0 Å². The molecule has 2 aromatic rings. The molecule has 1 aromatic heterocycles. The Bertz CT molecular complexity index is 511. The Labute approximate surface area is 106 Å². The number of rotatable bonds is 4. The molecule has 0 amide bonds. The summed E-state index contributed by atoms with van der Waals surface area (Å²) in [4.78, 5) is 1.41. The quantitative estimate of drug-likeness (QED) is 0.856. The van der Waals surface area contributed by atoms with Crippen LogP contribution in [-0.2, 0) is 6.54 Å². The van der Waals surface area contributed by atoms with Crippen LogP contribution in [0.2, 0.25) is 0 Å². The molecular formula is C15H17NS. The van der Waals surface area contributed by atoms with Gasteiger partial charge in [0, 0.05) is 17.5 Å². The molecule has 0 aliphatic heterocycles. The fraction of sp³-hybridized carbons (Fsp3) is 0.333. The van der Waals surface area contributed by atoms with Gasteiger partial charge in [-0.2, -0.15) is 0 Å². The molecule has 1 aromatic carbocycles. The molecule has 0 spiro atoms. The molecule has 1 aliphatic carbocycles. The first-order valence-electron chi connectivity index (χ1n) is 6.20. The molecule has 1 fully saturated rings. The second kappa shape index (κ2) is 4.63. The van der Waals surface area contributed by atoms with Gasteiger partial charge in [-0.15, -0.1) is 11.3 Å². The first-order chi connectivity index (χ1) is 8.34. The maximum absolute atomic E-state index is 3.60. The molecule has 88 valence electrons. The number of hydrogen-bond donors (Lipinski definition) is 1. The Balaban J connectivity index is 1.89. The molecular weight excluding hydrogens is 226 g/mol. The Hall–Kier alpha value is -1.12. The first-order valence-corrected chi connectivity index (χ1v) is 7.08. The molecule has 1 N–H and O–H groups in total. The van der Waals surface area contributed by atoms with E-state index >= 15 is 0 Å². The molecule has 0 unspecified atom stereocenters. The van der Waals surface area contributed by atoms with Gasteiger partial charge in [-0.25, -0.2) is 0 Å². The lowest BCUT2D eigenvalue weighted by atomic mass is 10.0. The van der Waals surface area contributed by atoms with E-state index in [0.29, 0.717) is 0 Å². The highest BCUT2D eigenvalue weighted by Gasteiger charge is 2.20. The minimum atomic E-state index is 0.771. The molecule has 1 aliphatic rings. The Kier molecular flexibility index (Phi) is 3.00. The summed E-state index contributed by atoms with van der Waals surface area (Å²) in [5.41, 5.74) is 4.20. The van der Waals surface area contributed by atoms with E-state index in [1.54, 1.807) is 0 Å². The van der Waals surface area contributed by atoms with Crippen molar-refractivity contribution in [3.63, 3.8) is 0 Å². The van der Waals surface area contributed by atoms with Gasteiger partial charge in [0.1, 0.15) is 0 Å². The van der Waals surface area contributed by atoms with Crippen LogP contribution in [0, 0.1) is 6.92 Å². The predicted molar refractivity (Wildman–Crippen MR) is 74.4 cm³/mol. The zero-order chi connectivity index (χ0) is 11.7. The summed E-state index contributed by atoms with van der Waals surface area (Å²) in [5, 5.41) is 5.78. The summed E-state index contributed by atoms with van der Waals surface area (Å²) in [6.45, 7) is 3.19. The molecule has 1 nitrogen and oxygen atoms in total. The lowest BCUT2D eigenvalue weighted by Crippen LogP contribution is -2.15. The first kappa shape index (κ1) is 11.0. The third-order valence-corrected chi connectivity index (χ3v) is 4.33. The van der Waals surface area contributed by atoms with Gasteiger partial charge in [-0.1, -0.05) is 24.3 Å². The van der Waals surface area contributed by atoms with Crippen LogP contribution in [0.5, 0.6) is 0 Å². The second-order valence-electron chi connectivity index (χ2n) is 4.75. The topological polar surface area (TPSA) is 12.0 Å². The molecule has 3 rings (SSSR count). The largest absolute Gasteiger partial charge is 0.310 e. The number of benzene rings is 1. The minimum absolute atomic E-state index is 0.771.